The van der Waals surface area contributed by atoms with E-state index < -0.39 is 20.1 Å². The van der Waals surface area contributed by atoms with Crippen molar-refractivity contribution in [1.82, 2.24) is 4.72 Å². The average molecular weight is 539 g/mol. The second kappa shape index (κ2) is 12.1. The van der Waals surface area contributed by atoms with Gasteiger partial charge in [0.25, 0.3) is 10.1 Å². The molecule has 2 N–H and O–H groups in total. The summed E-state index contributed by atoms with van der Waals surface area (Å²) in [6, 6.07) is 14.5. The molecule has 0 fully saturated rings. The van der Waals surface area contributed by atoms with Crippen molar-refractivity contribution in [2.75, 3.05) is 6.54 Å². The van der Waals surface area contributed by atoms with E-state index in [-0.39, 0.29) is 40.4 Å². The normalized spacial score (nSPS) is 14.0. The third-order valence-electron chi connectivity index (χ3n) is 6.83. The van der Waals surface area contributed by atoms with Crippen LogP contribution in [0.3, 0.4) is 0 Å². The summed E-state index contributed by atoms with van der Waals surface area (Å²) < 4.78 is 61.9. The Balaban J connectivity index is 0.00000361. The topological polar surface area (TPSA) is 101 Å². The second-order valence-corrected chi connectivity index (χ2v) is 12.8. The summed E-state index contributed by atoms with van der Waals surface area (Å²) in [6.07, 6.45) is 6.04. The predicted octanol–water partition coefficient (Wildman–Crippen LogP) is 4.96. The molecule has 1 radical (unpaired) electrons. The molecule has 0 aliphatic heterocycles. The van der Waals surface area contributed by atoms with Crippen LogP contribution in [-0.4, -0.2) is 57.5 Å². The third kappa shape index (κ3) is 6.78. The molecule has 0 spiro atoms. The van der Waals surface area contributed by atoms with E-state index in [1.165, 1.54) is 11.6 Å². The standard InChI is InChI=1S/C27H33NO5S2.Na/c1-19(2)20-11-14-25-23(18-27(35(31,32)33)26(25)15-12-20)9-5-6-16-28-34(29,30)24-13-10-21-7-3-4-8-22(21)17-24;/h10-15,17-19,28H,3-9,16H2,1-2H3,(H,31,32,33);. The van der Waals surface area contributed by atoms with Gasteiger partial charge in [0.05, 0.1) is 4.90 Å². The third-order valence-corrected chi connectivity index (χ3v) is 9.18. The Morgan fingerprint density at radius 1 is 0.861 bits per heavy atom. The first-order chi connectivity index (χ1) is 16.6. The monoisotopic (exact) mass is 538 g/mol. The van der Waals surface area contributed by atoms with Crippen LogP contribution in [0.15, 0.2) is 58.3 Å². The van der Waals surface area contributed by atoms with Gasteiger partial charge in [0, 0.05) is 41.7 Å². The maximum absolute atomic E-state index is 12.8. The van der Waals surface area contributed by atoms with Gasteiger partial charge < -0.3 is 0 Å². The Hall–Kier alpha value is -1.26. The summed E-state index contributed by atoms with van der Waals surface area (Å²) in [4.78, 5) is 0.230. The van der Waals surface area contributed by atoms with Gasteiger partial charge in [-0.3, -0.25) is 4.55 Å². The fraction of sp³-hybridized carbons (Fsp3) is 0.407. The van der Waals surface area contributed by atoms with E-state index in [2.05, 4.69) is 18.6 Å². The number of hydrogen-bond donors (Lipinski definition) is 2. The quantitative estimate of drug-likeness (QED) is 0.228. The van der Waals surface area contributed by atoms with Crippen LogP contribution >= 0.6 is 0 Å². The van der Waals surface area contributed by atoms with Crippen LogP contribution < -0.4 is 4.72 Å². The van der Waals surface area contributed by atoms with Crippen molar-refractivity contribution in [1.29, 1.82) is 0 Å². The predicted molar refractivity (Wildman–Crippen MR) is 144 cm³/mol. The number of benzene rings is 1. The molecular formula is C27H33NNaO5S2. The fourth-order valence-corrected chi connectivity index (χ4v) is 6.69. The number of aryl methyl sites for hydroxylation is 3. The van der Waals surface area contributed by atoms with E-state index in [0.717, 1.165) is 47.9 Å². The molecule has 4 rings (SSSR count). The molecule has 36 heavy (non-hydrogen) atoms. The van der Waals surface area contributed by atoms with Crippen molar-refractivity contribution in [3.8, 4) is 11.1 Å². The number of hydrogen-bond acceptors (Lipinski definition) is 4. The summed E-state index contributed by atoms with van der Waals surface area (Å²) in [5, 5.41) is 0. The zero-order valence-electron chi connectivity index (χ0n) is 21.2. The molecule has 3 aliphatic carbocycles. The number of rotatable bonds is 9. The Morgan fingerprint density at radius 2 is 1.53 bits per heavy atom. The van der Waals surface area contributed by atoms with Gasteiger partial charge >= 0.3 is 0 Å². The van der Waals surface area contributed by atoms with Gasteiger partial charge in [-0.1, -0.05) is 44.2 Å². The molecule has 3 aliphatic rings. The zero-order chi connectivity index (χ0) is 25.2. The van der Waals surface area contributed by atoms with Crippen molar-refractivity contribution < 1.29 is 21.4 Å². The van der Waals surface area contributed by atoms with Crippen molar-refractivity contribution in [2.45, 2.75) is 74.5 Å². The Labute approximate surface area is 237 Å². The van der Waals surface area contributed by atoms with Crippen molar-refractivity contribution in [3.63, 3.8) is 0 Å². The van der Waals surface area contributed by atoms with Crippen LogP contribution in [-0.2, 0) is 39.4 Å². The first-order valence-electron chi connectivity index (χ1n) is 12.2. The van der Waals surface area contributed by atoms with E-state index in [9.17, 15) is 21.4 Å². The van der Waals surface area contributed by atoms with Crippen molar-refractivity contribution >= 4 is 49.7 Å². The molecule has 0 saturated heterocycles. The summed E-state index contributed by atoms with van der Waals surface area (Å²) in [6.45, 7) is 4.43. The molecule has 0 heterocycles. The van der Waals surface area contributed by atoms with Crippen LogP contribution in [0.2, 0.25) is 0 Å². The molecule has 0 unspecified atom stereocenters. The van der Waals surface area contributed by atoms with Gasteiger partial charge in [-0.2, -0.15) is 8.42 Å². The first-order valence-corrected chi connectivity index (χ1v) is 15.1. The van der Waals surface area contributed by atoms with E-state index in [1.54, 1.807) is 18.2 Å². The van der Waals surface area contributed by atoms with Crippen molar-refractivity contribution in [3.05, 3.63) is 70.8 Å². The maximum Gasteiger partial charge on any atom is 0.295 e. The molecule has 0 aromatic heterocycles. The largest absolute Gasteiger partial charge is 0.295 e. The average Bonchev–Trinajstić information content (AvgIpc) is 3.01. The zero-order valence-corrected chi connectivity index (χ0v) is 24.9. The maximum atomic E-state index is 12.8. The summed E-state index contributed by atoms with van der Waals surface area (Å²) in [5.74, 6) is 0.285. The van der Waals surface area contributed by atoms with Crippen LogP contribution in [0, 0.1) is 0 Å². The van der Waals surface area contributed by atoms with Gasteiger partial charge in [0.1, 0.15) is 4.90 Å². The van der Waals surface area contributed by atoms with Gasteiger partial charge in [0.2, 0.25) is 10.0 Å². The number of unbranched alkanes of at least 4 members (excludes halogenated alkanes) is 1. The summed E-state index contributed by atoms with van der Waals surface area (Å²) >= 11 is 0. The molecule has 0 saturated carbocycles. The van der Waals surface area contributed by atoms with Crippen LogP contribution in [0.5, 0.6) is 0 Å². The second-order valence-electron chi connectivity index (χ2n) is 9.65. The molecule has 1 aromatic carbocycles. The Kier molecular flexibility index (Phi) is 9.82. The minimum Gasteiger partial charge on any atom is -0.282 e. The summed E-state index contributed by atoms with van der Waals surface area (Å²) in [7, 11) is -7.93. The van der Waals surface area contributed by atoms with Gasteiger partial charge in [-0.15, -0.1) is 0 Å². The van der Waals surface area contributed by atoms with Gasteiger partial charge in [-0.25, -0.2) is 13.1 Å². The number of nitrogens with one attached hydrogen (secondary N) is 1. The molecule has 9 heteroatoms. The molecular weight excluding hydrogens is 505 g/mol. The minimum atomic E-state index is -4.36. The van der Waals surface area contributed by atoms with E-state index in [4.69, 9.17) is 0 Å². The summed E-state index contributed by atoms with van der Waals surface area (Å²) in [5.41, 5.74) is 5.57. The molecule has 0 atom stereocenters. The van der Waals surface area contributed by atoms with Crippen molar-refractivity contribution in [2.24, 2.45) is 0 Å². The number of fused-ring (bicyclic) bond motifs is 2. The smallest absolute Gasteiger partial charge is 0.282 e. The van der Waals surface area contributed by atoms with Gasteiger partial charge in [-0.05, 0) is 96.9 Å². The van der Waals surface area contributed by atoms with Crippen LogP contribution in [0.4, 0.5) is 0 Å². The minimum absolute atomic E-state index is 0. The SMILES string of the molecule is CC(C)c1ccc2c(CCCCNS(=O)(=O)c3ccc4c(c3)CCCC4)cc(S(=O)(=O)O)c-2cc1.[Na]. The Bertz CT molecular complexity index is 1400. The molecule has 189 valence electrons. The van der Waals surface area contributed by atoms with E-state index >= 15 is 0 Å². The van der Waals surface area contributed by atoms with Crippen LogP contribution in [0.1, 0.15) is 67.7 Å². The first kappa shape index (κ1) is 29.3. The van der Waals surface area contributed by atoms with Gasteiger partial charge in [0.15, 0.2) is 0 Å². The van der Waals surface area contributed by atoms with E-state index in [0.29, 0.717) is 36.3 Å². The van der Waals surface area contributed by atoms with Crippen LogP contribution in [0.25, 0.3) is 11.1 Å². The molecule has 0 amide bonds. The molecule has 1 aromatic rings. The molecule has 6 nitrogen and oxygen atoms in total. The van der Waals surface area contributed by atoms with E-state index in [1.807, 2.05) is 24.3 Å². The fourth-order valence-electron chi connectivity index (χ4n) is 4.82. The molecule has 0 bridgehead atoms. The number of sulfonamides is 1. The Morgan fingerprint density at radius 3 is 2.19 bits per heavy atom.